The van der Waals surface area contributed by atoms with Gasteiger partial charge in [-0.1, -0.05) is 19.4 Å². The molecule has 0 saturated carbocycles. The van der Waals surface area contributed by atoms with Gasteiger partial charge in [-0.15, -0.1) is 0 Å². The quantitative estimate of drug-likeness (QED) is 0.749. The molecule has 0 spiro atoms. The fourth-order valence-electron chi connectivity index (χ4n) is 1.67. The second-order valence-electron chi connectivity index (χ2n) is 3.82. The van der Waals surface area contributed by atoms with E-state index in [9.17, 15) is 4.79 Å². The molecule has 0 amide bonds. The van der Waals surface area contributed by atoms with Crippen molar-refractivity contribution >= 4 is 17.3 Å². The van der Waals surface area contributed by atoms with E-state index >= 15 is 0 Å². The van der Waals surface area contributed by atoms with Crippen molar-refractivity contribution in [3.05, 3.63) is 23.8 Å². The van der Waals surface area contributed by atoms with Crippen LogP contribution in [-0.4, -0.2) is 24.7 Å². The van der Waals surface area contributed by atoms with Crippen LogP contribution >= 0.6 is 0 Å². The van der Waals surface area contributed by atoms with Gasteiger partial charge in [0.1, 0.15) is 0 Å². The average molecular weight is 222 g/mol. The van der Waals surface area contributed by atoms with Gasteiger partial charge in [-0.3, -0.25) is 0 Å². The van der Waals surface area contributed by atoms with Gasteiger partial charge >= 0.3 is 5.97 Å². The highest BCUT2D eigenvalue weighted by Gasteiger charge is 2.15. The van der Waals surface area contributed by atoms with Crippen molar-refractivity contribution in [3.8, 4) is 0 Å². The number of carboxylic acid groups (broad SMARTS) is 1. The van der Waals surface area contributed by atoms with Crippen molar-refractivity contribution in [3.63, 3.8) is 0 Å². The van der Waals surface area contributed by atoms with Gasteiger partial charge in [-0.05, 0) is 18.6 Å². The summed E-state index contributed by atoms with van der Waals surface area (Å²) in [5.74, 6) is -0.939. The predicted molar refractivity (Wildman–Crippen MR) is 66.0 cm³/mol. The Morgan fingerprint density at radius 2 is 2.19 bits per heavy atom. The van der Waals surface area contributed by atoms with Crippen LogP contribution in [0.25, 0.3) is 0 Å². The summed E-state index contributed by atoms with van der Waals surface area (Å²) >= 11 is 0. The molecule has 0 aliphatic carbocycles. The highest BCUT2D eigenvalue weighted by atomic mass is 16.4. The molecule has 0 fully saturated rings. The van der Waals surface area contributed by atoms with Crippen LogP contribution < -0.4 is 10.6 Å². The van der Waals surface area contributed by atoms with E-state index in [-0.39, 0.29) is 5.56 Å². The van der Waals surface area contributed by atoms with Crippen LogP contribution in [0, 0.1) is 0 Å². The Kier molecular flexibility index (Phi) is 4.17. The van der Waals surface area contributed by atoms with Crippen molar-refractivity contribution in [2.75, 3.05) is 24.2 Å². The number of anilines is 2. The molecule has 0 aliphatic rings. The summed E-state index contributed by atoms with van der Waals surface area (Å²) in [6, 6.07) is 4.97. The summed E-state index contributed by atoms with van der Waals surface area (Å²) in [6.45, 7) is 2.91. The van der Waals surface area contributed by atoms with Gasteiger partial charge in [0.05, 0.1) is 16.9 Å². The molecule has 1 aromatic carbocycles. The zero-order chi connectivity index (χ0) is 12.1. The van der Waals surface area contributed by atoms with E-state index in [2.05, 4.69) is 6.92 Å². The number of hydrogen-bond acceptors (Lipinski definition) is 3. The van der Waals surface area contributed by atoms with Crippen LogP contribution in [0.1, 0.15) is 30.1 Å². The van der Waals surface area contributed by atoms with E-state index in [1.807, 2.05) is 11.9 Å². The molecule has 88 valence electrons. The van der Waals surface area contributed by atoms with E-state index in [1.54, 1.807) is 18.2 Å². The Balaban J connectivity index is 3.04. The summed E-state index contributed by atoms with van der Waals surface area (Å²) in [5.41, 5.74) is 7.22. The van der Waals surface area contributed by atoms with E-state index in [4.69, 9.17) is 10.8 Å². The second-order valence-corrected chi connectivity index (χ2v) is 3.82. The molecule has 1 aromatic rings. The van der Waals surface area contributed by atoms with Gasteiger partial charge in [0.25, 0.3) is 0 Å². The largest absolute Gasteiger partial charge is 0.478 e. The number of rotatable bonds is 5. The van der Waals surface area contributed by atoms with Crippen LogP contribution in [0.4, 0.5) is 11.4 Å². The molecule has 3 N–H and O–H groups in total. The standard InChI is InChI=1S/C12H18N2O2/c1-3-4-8-14(2)11-9(12(15)16)6-5-7-10(11)13/h5-7H,3-4,8,13H2,1-2H3,(H,15,16). The van der Waals surface area contributed by atoms with Gasteiger partial charge in [0, 0.05) is 13.6 Å². The van der Waals surface area contributed by atoms with Gasteiger partial charge in [0.15, 0.2) is 0 Å². The van der Waals surface area contributed by atoms with Crippen molar-refractivity contribution in [2.24, 2.45) is 0 Å². The zero-order valence-corrected chi connectivity index (χ0v) is 9.73. The number of nitrogens with zero attached hydrogens (tertiary/aromatic N) is 1. The highest BCUT2D eigenvalue weighted by Crippen LogP contribution is 2.27. The normalized spacial score (nSPS) is 10.1. The molecule has 1 rings (SSSR count). The Labute approximate surface area is 95.7 Å². The summed E-state index contributed by atoms with van der Waals surface area (Å²) in [6.07, 6.45) is 2.09. The lowest BCUT2D eigenvalue weighted by atomic mass is 10.1. The molecular weight excluding hydrogens is 204 g/mol. The maximum Gasteiger partial charge on any atom is 0.337 e. The highest BCUT2D eigenvalue weighted by molar-refractivity contribution is 5.97. The van der Waals surface area contributed by atoms with Crippen LogP contribution in [0.15, 0.2) is 18.2 Å². The minimum atomic E-state index is -0.939. The van der Waals surface area contributed by atoms with Gasteiger partial charge in [0.2, 0.25) is 0 Å². The lowest BCUT2D eigenvalue weighted by molar-refractivity contribution is 0.0697. The number of unbranched alkanes of at least 4 members (excludes halogenated alkanes) is 1. The smallest absolute Gasteiger partial charge is 0.337 e. The number of nitrogens with two attached hydrogens (primary N) is 1. The van der Waals surface area contributed by atoms with Crippen LogP contribution in [0.5, 0.6) is 0 Å². The Morgan fingerprint density at radius 3 is 2.75 bits per heavy atom. The number of hydrogen-bond donors (Lipinski definition) is 2. The lowest BCUT2D eigenvalue weighted by Gasteiger charge is -2.22. The molecule has 0 atom stereocenters. The third kappa shape index (κ3) is 2.66. The predicted octanol–water partition coefficient (Wildman–Crippen LogP) is 2.20. The molecule has 4 heteroatoms. The SMILES string of the molecule is CCCCN(C)c1c(N)cccc1C(=O)O. The summed E-state index contributed by atoms with van der Waals surface area (Å²) < 4.78 is 0. The second kappa shape index (κ2) is 5.39. The first-order chi connectivity index (χ1) is 7.57. The first-order valence-corrected chi connectivity index (χ1v) is 5.40. The van der Waals surface area contributed by atoms with Crippen LogP contribution in [-0.2, 0) is 0 Å². The molecule has 0 unspecified atom stereocenters. The van der Waals surface area contributed by atoms with Crippen molar-refractivity contribution < 1.29 is 9.90 Å². The number of carboxylic acids is 1. The molecular formula is C12H18N2O2. The van der Waals surface area contributed by atoms with E-state index in [1.165, 1.54) is 0 Å². The third-order valence-corrected chi connectivity index (χ3v) is 2.53. The maximum atomic E-state index is 11.1. The lowest BCUT2D eigenvalue weighted by Crippen LogP contribution is -2.22. The Hall–Kier alpha value is -1.71. The molecule has 16 heavy (non-hydrogen) atoms. The minimum absolute atomic E-state index is 0.263. The fraction of sp³-hybridized carbons (Fsp3) is 0.417. The summed E-state index contributed by atoms with van der Waals surface area (Å²) in [7, 11) is 1.87. The minimum Gasteiger partial charge on any atom is -0.478 e. The zero-order valence-electron chi connectivity index (χ0n) is 9.73. The Morgan fingerprint density at radius 1 is 1.50 bits per heavy atom. The van der Waals surface area contributed by atoms with E-state index in [0.29, 0.717) is 11.4 Å². The first-order valence-electron chi connectivity index (χ1n) is 5.40. The third-order valence-electron chi connectivity index (χ3n) is 2.53. The fourth-order valence-corrected chi connectivity index (χ4v) is 1.67. The molecule has 0 bridgehead atoms. The molecule has 0 aliphatic heterocycles. The number of para-hydroxylation sites is 1. The van der Waals surface area contributed by atoms with Crippen molar-refractivity contribution in [2.45, 2.75) is 19.8 Å². The van der Waals surface area contributed by atoms with E-state index in [0.717, 1.165) is 19.4 Å². The number of nitrogen functional groups attached to an aromatic ring is 1. The molecule has 0 heterocycles. The average Bonchev–Trinajstić information content (AvgIpc) is 2.25. The topological polar surface area (TPSA) is 66.6 Å². The maximum absolute atomic E-state index is 11.1. The number of carbonyl (C=O) groups is 1. The van der Waals surface area contributed by atoms with Crippen LogP contribution in [0.2, 0.25) is 0 Å². The molecule has 0 saturated heterocycles. The number of benzene rings is 1. The summed E-state index contributed by atoms with van der Waals surface area (Å²) in [4.78, 5) is 13.0. The molecule has 4 nitrogen and oxygen atoms in total. The Bertz CT molecular complexity index is 377. The molecule has 0 aromatic heterocycles. The van der Waals surface area contributed by atoms with Crippen molar-refractivity contribution in [1.29, 1.82) is 0 Å². The van der Waals surface area contributed by atoms with Gasteiger partial charge in [-0.25, -0.2) is 4.79 Å². The van der Waals surface area contributed by atoms with Gasteiger partial charge in [-0.2, -0.15) is 0 Å². The van der Waals surface area contributed by atoms with Gasteiger partial charge < -0.3 is 15.7 Å². The molecule has 0 radical (unpaired) electrons. The van der Waals surface area contributed by atoms with E-state index < -0.39 is 5.97 Å². The number of aromatic carboxylic acids is 1. The van der Waals surface area contributed by atoms with Crippen LogP contribution in [0.3, 0.4) is 0 Å². The summed E-state index contributed by atoms with van der Waals surface area (Å²) in [5, 5.41) is 9.08. The first kappa shape index (κ1) is 12.4. The monoisotopic (exact) mass is 222 g/mol. The van der Waals surface area contributed by atoms with Crippen molar-refractivity contribution in [1.82, 2.24) is 0 Å².